The van der Waals surface area contributed by atoms with Crippen LogP contribution in [0.25, 0.3) is 0 Å². The number of hydrogen-bond donors (Lipinski definition) is 3. The first-order valence-corrected chi connectivity index (χ1v) is 11.5. The third kappa shape index (κ3) is 5.07. The molecule has 1 aliphatic rings. The number of anilines is 3. The van der Waals surface area contributed by atoms with Crippen molar-refractivity contribution < 1.29 is 9.59 Å². The molecule has 0 aliphatic heterocycles. The monoisotopic (exact) mass is 521 g/mol. The van der Waals surface area contributed by atoms with Crippen LogP contribution in [0.15, 0.2) is 60.7 Å². The molecule has 0 heterocycles. The lowest BCUT2D eigenvalue weighted by Crippen LogP contribution is -2.18. The summed E-state index contributed by atoms with van der Waals surface area (Å²) in [6, 6.07) is 16.8. The van der Waals surface area contributed by atoms with Crippen LogP contribution in [0.2, 0.25) is 10.0 Å². The van der Waals surface area contributed by atoms with E-state index in [1.165, 1.54) is 0 Å². The van der Waals surface area contributed by atoms with Crippen molar-refractivity contribution in [2.45, 2.75) is 17.2 Å². The van der Waals surface area contributed by atoms with Crippen molar-refractivity contribution in [3.05, 3.63) is 87.4 Å². The molecule has 33 heavy (non-hydrogen) atoms. The lowest BCUT2D eigenvalue weighted by atomic mass is 10.1. The van der Waals surface area contributed by atoms with Crippen LogP contribution >= 0.6 is 46.4 Å². The zero-order valence-electron chi connectivity index (χ0n) is 17.3. The van der Waals surface area contributed by atoms with Crippen molar-refractivity contribution in [3.63, 3.8) is 0 Å². The number of nitrogen functional groups attached to an aromatic ring is 1. The third-order valence-corrected chi connectivity index (χ3v) is 6.85. The minimum atomic E-state index is -1.29. The Kier molecular flexibility index (Phi) is 6.52. The van der Waals surface area contributed by atoms with Crippen LogP contribution in [0, 0.1) is 12.8 Å². The highest BCUT2D eigenvalue weighted by Gasteiger charge is 2.67. The Morgan fingerprint density at radius 2 is 1.64 bits per heavy atom. The fourth-order valence-corrected chi connectivity index (χ4v) is 5.17. The number of nitrogens with one attached hydrogen (secondary N) is 2. The van der Waals surface area contributed by atoms with Crippen LogP contribution in [0.5, 0.6) is 0 Å². The molecule has 0 radical (unpaired) electrons. The molecule has 1 fully saturated rings. The summed E-state index contributed by atoms with van der Waals surface area (Å²) in [7, 11) is 0. The van der Waals surface area contributed by atoms with Gasteiger partial charge in [0.05, 0.1) is 5.92 Å². The maximum Gasteiger partial charge on any atom is 0.255 e. The fourth-order valence-electron chi connectivity index (χ4n) is 3.80. The van der Waals surface area contributed by atoms with Crippen LogP contribution in [0.4, 0.5) is 17.1 Å². The van der Waals surface area contributed by atoms with Crippen molar-refractivity contribution in [2.24, 2.45) is 5.92 Å². The van der Waals surface area contributed by atoms with Gasteiger partial charge in [0.25, 0.3) is 5.91 Å². The lowest BCUT2D eigenvalue weighted by Gasteiger charge is -2.11. The van der Waals surface area contributed by atoms with Gasteiger partial charge >= 0.3 is 0 Å². The van der Waals surface area contributed by atoms with E-state index in [1.807, 2.05) is 6.92 Å². The van der Waals surface area contributed by atoms with Crippen molar-refractivity contribution in [3.8, 4) is 0 Å². The summed E-state index contributed by atoms with van der Waals surface area (Å²) >= 11 is 25.0. The summed E-state index contributed by atoms with van der Waals surface area (Å²) in [6.45, 7) is 1.85. The van der Waals surface area contributed by atoms with Gasteiger partial charge in [-0.3, -0.25) is 9.59 Å². The minimum absolute atomic E-state index is 0.319. The number of aryl methyl sites for hydroxylation is 1. The number of nitrogens with two attached hydrogens (primary N) is 1. The van der Waals surface area contributed by atoms with E-state index in [2.05, 4.69) is 10.6 Å². The zero-order chi connectivity index (χ0) is 23.9. The Morgan fingerprint density at radius 1 is 0.939 bits per heavy atom. The number of halogens is 4. The third-order valence-electron chi connectivity index (χ3n) is 5.47. The number of carbonyl (C=O) groups excluding carboxylic acids is 2. The van der Waals surface area contributed by atoms with E-state index in [1.54, 1.807) is 60.7 Å². The number of benzene rings is 3. The van der Waals surface area contributed by atoms with Crippen LogP contribution < -0.4 is 16.4 Å². The molecule has 2 amide bonds. The molecule has 1 saturated carbocycles. The average Bonchev–Trinajstić information content (AvgIpc) is 3.31. The van der Waals surface area contributed by atoms with Gasteiger partial charge < -0.3 is 16.4 Å². The second-order valence-electron chi connectivity index (χ2n) is 7.93. The Bertz CT molecular complexity index is 1240. The molecule has 9 heteroatoms. The number of hydrogen-bond acceptors (Lipinski definition) is 3. The Morgan fingerprint density at radius 3 is 2.30 bits per heavy atom. The SMILES string of the molecule is Cc1cc(N)ccc1NC(=O)c1cccc(NC(=O)C2C(c3cc(Cl)cc(Cl)c3)C2(Cl)Cl)c1. The summed E-state index contributed by atoms with van der Waals surface area (Å²) in [5.41, 5.74) is 9.37. The van der Waals surface area contributed by atoms with E-state index in [4.69, 9.17) is 52.1 Å². The van der Waals surface area contributed by atoms with E-state index < -0.39 is 16.2 Å². The van der Waals surface area contributed by atoms with E-state index in [0.717, 1.165) is 5.56 Å². The van der Waals surface area contributed by atoms with E-state index >= 15 is 0 Å². The summed E-state index contributed by atoms with van der Waals surface area (Å²) in [4.78, 5) is 25.7. The topological polar surface area (TPSA) is 84.2 Å². The predicted octanol–water partition coefficient (Wildman–Crippen LogP) is 6.66. The van der Waals surface area contributed by atoms with E-state index in [9.17, 15) is 9.59 Å². The molecule has 2 atom stereocenters. The molecule has 0 saturated heterocycles. The molecular weight excluding hydrogens is 504 g/mol. The fraction of sp³-hybridized carbons (Fsp3) is 0.167. The number of alkyl halides is 2. The smallest absolute Gasteiger partial charge is 0.255 e. The van der Waals surface area contributed by atoms with Gasteiger partial charge in [0.15, 0.2) is 0 Å². The van der Waals surface area contributed by atoms with Gasteiger partial charge in [-0.2, -0.15) is 0 Å². The van der Waals surface area contributed by atoms with Crippen molar-refractivity contribution in [1.82, 2.24) is 0 Å². The van der Waals surface area contributed by atoms with Gasteiger partial charge in [-0.05, 0) is 72.6 Å². The molecule has 4 rings (SSSR count). The summed E-state index contributed by atoms with van der Waals surface area (Å²) < 4.78 is -1.29. The Labute approximate surface area is 211 Å². The highest BCUT2D eigenvalue weighted by Crippen LogP contribution is 2.65. The highest BCUT2D eigenvalue weighted by molar-refractivity contribution is 6.53. The van der Waals surface area contributed by atoms with Gasteiger partial charge in [-0.25, -0.2) is 0 Å². The lowest BCUT2D eigenvalue weighted by molar-refractivity contribution is -0.117. The quantitative estimate of drug-likeness (QED) is 0.258. The zero-order valence-corrected chi connectivity index (χ0v) is 20.4. The molecule has 4 N–H and O–H groups in total. The van der Waals surface area contributed by atoms with Gasteiger partial charge in [0, 0.05) is 38.6 Å². The molecule has 0 spiro atoms. The second kappa shape index (κ2) is 9.07. The number of carbonyl (C=O) groups is 2. The molecule has 3 aromatic carbocycles. The summed E-state index contributed by atoms with van der Waals surface area (Å²) in [5, 5.41) is 6.51. The maximum absolute atomic E-state index is 12.9. The van der Waals surface area contributed by atoms with E-state index in [0.29, 0.717) is 38.2 Å². The standard InChI is InChI=1S/C24H19Cl4N3O2/c1-12-7-17(29)5-6-19(12)31-22(32)13-3-2-4-18(10-13)30-23(33)21-20(24(21,27)28)14-8-15(25)11-16(26)9-14/h2-11,20-21H,29H2,1H3,(H,30,33)(H,31,32). The van der Waals surface area contributed by atoms with Gasteiger partial charge in [-0.1, -0.05) is 29.3 Å². The maximum atomic E-state index is 12.9. The first kappa shape index (κ1) is 23.7. The Hall–Kier alpha value is -2.44. The molecule has 2 unspecified atom stereocenters. The molecule has 170 valence electrons. The highest BCUT2D eigenvalue weighted by atomic mass is 35.5. The molecule has 1 aliphatic carbocycles. The molecule has 5 nitrogen and oxygen atoms in total. The first-order valence-electron chi connectivity index (χ1n) is 9.98. The van der Waals surface area contributed by atoms with Crippen LogP contribution in [-0.2, 0) is 4.79 Å². The van der Waals surface area contributed by atoms with Gasteiger partial charge in [0.2, 0.25) is 5.91 Å². The van der Waals surface area contributed by atoms with Crippen molar-refractivity contribution in [2.75, 3.05) is 16.4 Å². The first-order chi connectivity index (χ1) is 15.6. The largest absolute Gasteiger partial charge is 0.399 e. The molecular formula is C24H19Cl4N3O2. The normalized spacial score (nSPS) is 18.5. The number of amides is 2. The number of rotatable bonds is 5. The average molecular weight is 523 g/mol. The van der Waals surface area contributed by atoms with Crippen molar-refractivity contribution >= 4 is 75.3 Å². The summed E-state index contributed by atoms with van der Waals surface area (Å²) in [5.74, 6) is -1.85. The molecule has 3 aromatic rings. The summed E-state index contributed by atoms with van der Waals surface area (Å²) in [6.07, 6.45) is 0. The van der Waals surface area contributed by atoms with E-state index in [-0.39, 0.29) is 11.8 Å². The van der Waals surface area contributed by atoms with Crippen LogP contribution in [0.3, 0.4) is 0 Å². The van der Waals surface area contributed by atoms with Gasteiger partial charge in [-0.15, -0.1) is 23.2 Å². The second-order valence-corrected chi connectivity index (χ2v) is 10.2. The van der Waals surface area contributed by atoms with Crippen molar-refractivity contribution in [1.29, 1.82) is 0 Å². The van der Waals surface area contributed by atoms with Crippen LogP contribution in [-0.4, -0.2) is 16.1 Å². The molecule has 0 aromatic heterocycles. The molecule has 0 bridgehead atoms. The van der Waals surface area contributed by atoms with Crippen LogP contribution in [0.1, 0.15) is 27.4 Å². The van der Waals surface area contributed by atoms with Gasteiger partial charge in [0.1, 0.15) is 4.33 Å². The minimum Gasteiger partial charge on any atom is -0.399 e. The predicted molar refractivity (Wildman–Crippen MR) is 136 cm³/mol. The Balaban J connectivity index is 1.48.